The number of para-hydroxylation sites is 2. The van der Waals surface area contributed by atoms with Crippen LogP contribution in [-0.4, -0.2) is 36.4 Å². The van der Waals surface area contributed by atoms with Gasteiger partial charge in [-0.2, -0.15) is 0 Å². The Hall–Kier alpha value is -2.37. The van der Waals surface area contributed by atoms with E-state index in [1.165, 1.54) is 0 Å². The van der Waals surface area contributed by atoms with Crippen molar-refractivity contribution in [2.24, 2.45) is 0 Å². The van der Waals surface area contributed by atoms with Crippen molar-refractivity contribution >= 4 is 5.91 Å². The number of amides is 1. The Morgan fingerprint density at radius 3 is 2.20 bits per heavy atom. The lowest BCUT2D eigenvalue weighted by Gasteiger charge is -2.33. The Labute approximate surface area is 146 Å². The Balaban J connectivity index is 1.59. The van der Waals surface area contributed by atoms with Crippen LogP contribution in [0.1, 0.15) is 29.9 Å². The van der Waals surface area contributed by atoms with Gasteiger partial charge in [-0.15, -0.1) is 0 Å². The van der Waals surface area contributed by atoms with Gasteiger partial charge in [0.2, 0.25) is 5.91 Å². The molecule has 0 bridgehead atoms. The molecule has 2 aliphatic rings. The molecule has 1 fully saturated rings. The lowest BCUT2D eigenvalue weighted by molar-refractivity contribution is -0.124. The van der Waals surface area contributed by atoms with Crippen LogP contribution in [-0.2, 0) is 9.53 Å². The number of hydrogen-bond acceptors (Lipinski definition) is 4. The van der Waals surface area contributed by atoms with Gasteiger partial charge in [0.05, 0.1) is 11.5 Å². The van der Waals surface area contributed by atoms with Crippen LogP contribution < -0.4 is 10.1 Å². The zero-order valence-electron chi connectivity index (χ0n) is 13.9. The number of benzene rings is 2. The van der Waals surface area contributed by atoms with E-state index in [1.54, 1.807) is 0 Å². The van der Waals surface area contributed by atoms with Crippen LogP contribution in [0.4, 0.5) is 0 Å². The van der Waals surface area contributed by atoms with E-state index in [2.05, 4.69) is 5.32 Å². The maximum atomic E-state index is 13.0. The summed E-state index contributed by atoms with van der Waals surface area (Å²) in [6.45, 7) is 1.28. The molecule has 0 aromatic heterocycles. The molecule has 2 N–H and O–H groups in total. The molecule has 0 radical (unpaired) electrons. The average molecular weight is 339 g/mol. The molecule has 2 aromatic carbocycles. The van der Waals surface area contributed by atoms with Crippen molar-refractivity contribution in [2.75, 3.05) is 19.8 Å². The molecule has 0 spiro atoms. The van der Waals surface area contributed by atoms with Crippen LogP contribution in [0.2, 0.25) is 0 Å². The Morgan fingerprint density at radius 1 is 1.04 bits per heavy atom. The second-order valence-electron chi connectivity index (χ2n) is 6.67. The highest BCUT2D eigenvalue weighted by Gasteiger charge is 2.35. The van der Waals surface area contributed by atoms with Gasteiger partial charge in [0.15, 0.2) is 0 Å². The Bertz CT molecular complexity index is 737. The van der Waals surface area contributed by atoms with Crippen molar-refractivity contribution in [2.45, 2.75) is 24.4 Å². The first-order valence-electron chi connectivity index (χ1n) is 8.60. The quantitative estimate of drug-likeness (QED) is 0.902. The SMILES string of the molecule is O=C(NCC1(O)CCOCC1)C1c2ccccc2Oc2ccccc21. The molecular formula is C20H21NO4. The highest BCUT2D eigenvalue weighted by atomic mass is 16.5. The van der Waals surface area contributed by atoms with Gasteiger partial charge in [-0.05, 0) is 12.1 Å². The van der Waals surface area contributed by atoms with Gasteiger partial charge in [-0.1, -0.05) is 36.4 Å². The number of carbonyl (C=O) groups is 1. The van der Waals surface area contributed by atoms with E-state index in [9.17, 15) is 9.90 Å². The summed E-state index contributed by atoms with van der Waals surface area (Å²) in [5.41, 5.74) is 0.799. The molecule has 2 aliphatic heterocycles. The molecule has 1 amide bonds. The standard InChI is InChI=1S/C20H21NO4/c22-19(21-13-20(23)9-11-24-12-10-20)18-14-5-1-3-7-16(14)25-17-8-4-2-6-15(17)18/h1-8,18,23H,9-13H2,(H,21,22). The fraction of sp³-hybridized carbons (Fsp3) is 0.350. The van der Waals surface area contributed by atoms with Crippen molar-refractivity contribution in [3.63, 3.8) is 0 Å². The largest absolute Gasteiger partial charge is 0.457 e. The minimum atomic E-state index is -0.891. The molecule has 4 rings (SSSR count). The van der Waals surface area contributed by atoms with Crippen LogP contribution in [0.3, 0.4) is 0 Å². The highest BCUT2D eigenvalue weighted by Crippen LogP contribution is 2.43. The average Bonchev–Trinajstić information content (AvgIpc) is 2.65. The third kappa shape index (κ3) is 3.13. The summed E-state index contributed by atoms with van der Waals surface area (Å²) in [4.78, 5) is 13.0. The molecule has 0 saturated carbocycles. The molecule has 5 nitrogen and oxygen atoms in total. The summed E-state index contributed by atoms with van der Waals surface area (Å²) in [7, 11) is 0. The van der Waals surface area contributed by atoms with Crippen LogP contribution in [0.25, 0.3) is 0 Å². The van der Waals surface area contributed by atoms with Crippen molar-refractivity contribution in [1.29, 1.82) is 0 Å². The second-order valence-corrected chi connectivity index (χ2v) is 6.67. The first-order valence-corrected chi connectivity index (χ1v) is 8.60. The summed E-state index contributed by atoms with van der Waals surface area (Å²) >= 11 is 0. The molecule has 2 aromatic rings. The lowest BCUT2D eigenvalue weighted by Crippen LogP contribution is -2.47. The van der Waals surface area contributed by atoms with Gasteiger partial charge in [0.1, 0.15) is 11.5 Å². The summed E-state index contributed by atoms with van der Waals surface area (Å²) in [5.74, 6) is 0.838. The van der Waals surface area contributed by atoms with Crippen molar-refractivity contribution in [1.82, 2.24) is 5.32 Å². The molecule has 1 saturated heterocycles. The first kappa shape index (κ1) is 16.1. The molecule has 2 heterocycles. The van der Waals surface area contributed by atoms with Crippen molar-refractivity contribution in [3.05, 3.63) is 59.7 Å². The third-order valence-electron chi connectivity index (χ3n) is 4.96. The maximum absolute atomic E-state index is 13.0. The minimum Gasteiger partial charge on any atom is -0.457 e. The number of carbonyl (C=O) groups excluding carboxylic acids is 1. The molecule has 0 aliphatic carbocycles. The number of hydrogen-bond donors (Lipinski definition) is 2. The Morgan fingerprint density at radius 2 is 1.60 bits per heavy atom. The van der Waals surface area contributed by atoms with Crippen LogP contribution in [0, 0.1) is 0 Å². The van der Waals surface area contributed by atoms with E-state index in [4.69, 9.17) is 9.47 Å². The maximum Gasteiger partial charge on any atom is 0.232 e. The summed E-state index contributed by atoms with van der Waals surface area (Å²) in [5, 5.41) is 13.5. The van der Waals surface area contributed by atoms with Gasteiger partial charge >= 0.3 is 0 Å². The normalized spacial score (nSPS) is 18.6. The van der Waals surface area contributed by atoms with E-state index in [1.807, 2.05) is 48.5 Å². The molecule has 25 heavy (non-hydrogen) atoms. The summed E-state index contributed by atoms with van der Waals surface area (Å²) in [6.07, 6.45) is 1.07. The number of fused-ring (bicyclic) bond motifs is 2. The zero-order valence-corrected chi connectivity index (χ0v) is 13.9. The predicted octanol–water partition coefficient (Wildman–Crippen LogP) is 2.58. The van der Waals surface area contributed by atoms with Crippen LogP contribution >= 0.6 is 0 Å². The number of ether oxygens (including phenoxy) is 2. The lowest BCUT2D eigenvalue weighted by atomic mass is 9.86. The van der Waals surface area contributed by atoms with E-state index in [0.29, 0.717) is 37.6 Å². The molecule has 130 valence electrons. The van der Waals surface area contributed by atoms with Crippen LogP contribution in [0.15, 0.2) is 48.5 Å². The predicted molar refractivity (Wildman–Crippen MR) is 92.8 cm³/mol. The van der Waals surface area contributed by atoms with Gasteiger partial charge in [0.25, 0.3) is 0 Å². The first-order chi connectivity index (χ1) is 12.2. The van der Waals surface area contributed by atoms with E-state index in [-0.39, 0.29) is 12.5 Å². The summed E-state index contributed by atoms with van der Waals surface area (Å²) < 4.78 is 11.2. The fourth-order valence-corrected chi connectivity index (χ4v) is 3.47. The monoisotopic (exact) mass is 339 g/mol. The highest BCUT2D eigenvalue weighted by molar-refractivity contribution is 5.89. The van der Waals surface area contributed by atoms with Crippen molar-refractivity contribution in [3.8, 4) is 11.5 Å². The van der Waals surface area contributed by atoms with E-state index < -0.39 is 11.5 Å². The fourth-order valence-electron chi connectivity index (χ4n) is 3.47. The van der Waals surface area contributed by atoms with Gasteiger partial charge in [0, 0.05) is 43.7 Å². The second kappa shape index (κ2) is 6.50. The summed E-state index contributed by atoms with van der Waals surface area (Å²) in [6, 6.07) is 15.2. The Kier molecular flexibility index (Phi) is 4.19. The number of aliphatic hydroxyl groups is 1. The molecule has 5 heteroatoms. The smallest absolute Gasteiger partial charge is 0.232 e. The van der Waals surface area contributed by atoms with Crippen LogP contribution in [0.5, 0.6) is 11.5 Å². The van der Waals surface area contributed by atoms with E-state index in [0.717, 1.165) is 11.1 Å². The van der Waals surface area contributed by atoms with E-state index >= 15 is 0 Å². The molecule has 0 atom stereocenters. The van der Waals surface area contributed by atoms with Gasteiger partial charge in [-0.25, -0.2) is 0 Å². The van der Waals surface area contributed by atoms with Crippen molar-refractivity contribution < 1.29 is 19.4 Å². The van der Waals surface area contributed by atoms with Gasteiger partial charge < -0.3 is 19.9 Å². The molecule has 0 unspecified atom stereocenters. The van der Waals surface area contributed by atoms with Gasteiger partial charge in [-0.3, -0.25) is 4.79 Å². The topological polar surface area (TPSA) is 67.8 Å². The minimum absolute atomic E-state index is 0.122. The number of nitrogens with one attached hydrogen (secondary N) is 1. The third-order valence-corrected chi connectivity index (χ3v) is 4.96. The number of rotatable bonds is 3. The zero-order chi connectivity index (χ0) is 17.3. The molecular weight excluding hydrogens is 318 g/mol.